The summed E-state index contributed by atoms with van der Waals surface area (Å²) in [5.41, 5.74) is 1.78. The first-order chi connectivity index (χ1) is 14.7. The second kappa shape index (κ2) is 9.43. The van der Waals surface area contributed by atoms with E-state index in [0.29, 0.717) is 5.41 Å². The molecule has 0 aromatic heterocycles. The van der Waals surface area contributed by atoms with E-state index in [2.05, 4.69) is 32.2 Å². The largest absolute Gasteiger partial charge is 0.493 e. The van der Waals surface area contributed by atoms with Crippen molar-refractivity contribution in [3.8, 4) is 11.5 Å². The van der Waals surface area contributed by atoms with Crippen molar-refractivity contribution < 1.29 is 14.2 Å². The number of nitrogens with zero attached hydrogens (tertiary/aromatic N) is 3. The van der Waals surface area contributed by atoms with Gasteiger partial charge in [-0.1, -0.05) is 12.5 Å². The first kappa shape index (κ1) is 21.2. The molecule has 166 valence electrons. The number of methoxy groups -OCH3 is 2. The van der Waals surface area contributed by atoms with Crippen LogP contribution >= 0.6 is 0 Å². The molecule has 2 heterocycles. The Hall–Kier alpha value is -1.99. The van der Waals surface area contributed by atoms with Gasteiger partial charge in [0.2, 0.25) is 0 Å². The number of benzene rings is 1. The number of ether oxygens (including phenoxy) is 3. The van der Waals surface area contributed by atoms with E-state index in [1.807, 2.05) is 13.1 Å². The molecule has 1 aliphatic carbocycles. The molecule has 0 bridgehead atoms. The van der Waals surface area contributed by atoms with Crippen molar-refractivity contribution in [3.05, 3.63) is 23.8 Å². The Morgan fingerprint density at radius 1 is 1.13 bits per heavy atom. The molecule has 3 fully saturated rings. The highest BCUT2D eigenvalue weighted by Gasteiger charge is 2.43. The maximum atomic E-state index is 5.60. The topological polar surface area (TPSA) is 58.6 Å². The lowest BCUT2D eigenvalue weighted by atomic mass is 9.68. The van der Waals surface area contributed by atoms with Gasteiger partial charge in [-0.3, -0.25) is 9.89 Å². The van der Waals surface area contributed by atoms with Crippen molar-refractivity contribution in [3.63, 3.8) is 0 Å². The molecular formula is C23H36N4O3. The fourth-order valence-corrected chi connectivity index (χ4v) is 5.13. The molecule has 7 nitrogen and oxygen atoms in total. The number of rotatable bonds is 6. The molecule has 0 amide bonds. The molecule has 1 N–H and O–H groups in total. The maximum absolute atomic E-state index is 5.60. The smallest absolute Gasteiger partial charge is 0.193 e. The van der Waals surface area contributed by atoms with Crippen molar-refractivity contribution >= 4 is 5.96 Å². The lowest BCUT2D eigenvalue weighted by molar-refractivity contribution is 0.0168. The number of likely N-dealkylation sites (tertiary alicyclic amines) is 1. The molecule has 1 atom stereocenters. The summed E-state index contributed by atoms with van der Waals surface area (Å²) < 4.78 is 16.6. The molecule has 1 aromatic carbocycles. The molecular weight excluding hydrogens is 380 g/mol. The summed E-state index contributed by atoms with van der Waals surface area (Å²) in [7, 11) is 5.26. The van der Waals surface area contributed by atoms with Crippen LogP contribution in [0.15, 0.2) is 23.2 Å². The number of nitrogens with one attached hydrogen (secondary N) is 1. The zero-order valence-electron chi connectivity index (χ0n) is 18.7. The molecule has 3 aliphatic rings. The highest BCUT2D eigenvalue weighted by atomic mass is 16.5. The number of morpholine rings is 1. The summed E-state index contributed by atoms with van der Waals surface area (Å²) in [6, 6.07) is 6.45. The minimum Gasteiger partial charge on any atom is -0.493 e. The van der Waals surface area contributed by atoms with E-state index < -0.39 is 0 Å². The van der Waals surface area contributed by atoms with Gasteiger partial charge in [-0.25, -0.2) is 0 Å². The van der Waals surface area contributed by atoms with Gasteiger partial charge in [0.1, 0.15) is 0 Å². The monoisotopic (exact) mass is 416 g/mol. The van der Waals surface area contributed by atoms with Crippen LogP contribution in [0.1, 0.15) is 37.3 Å². The van der Waals surface area contributed by atoms with E-state index in [0.717, 1.165) is 63.4 Å². The Bertz CT molecular complexity index is 744. The first-order valence-corrected chi connectivity index (χ1v) is 11.2. The Morgan fingerprint density at radius 2 is 1.90 bits per heavy atom. The van der Waals surface area contributed by atoms with Crippen molar-refractivity contribution in [2.24, 2.45) is 10.4 Å². The molecule has 1 spiro atoms. The number of guanidine groups is 1. The molecule has 2 saturated heterocycles. The molecule has 1 unspecified atom stereocenters. The van der Waals surface area contributed by atoms with Crippen molar-refractivity contribution in [1.82, 2.24) is 15.1 Å². The van der Waals surface area contributed by atoms with Crippen molar-refractivity contribution in [2.45, 2.75) is 31.7 Å². The Morgan fingerprint density at radius 3 is 2.50 bits per heavy atom. The van der Waals surface area contributed by atoms with Crippen LogP contribution < -0.4 is 14.8 Å². The lowest BCUT2D eigenvalue weighted by Crippen LogP contribution is -2.47. The van der Waals surface area contributed by atoms with E-state index in [4.69, 9.17) is 14.2 Å². The molecule has 0 radical (unpaired) electrons. The van der Waals surface area contributed by atoms with Gasteiger partial charge in [0.05, 0.1) is 33.5 Å². The van der Waals surface area contributed by atoms with Crippen LogP contribution in [0.4, 0.5) is 0 Å². The van der Waals surface area contributed by atoms with Gasteiger partial charge in [-0.2, -0.15) is 0 Å². The second-order valence-electron chi connectivity index (χ2n) is 8.73. The third-order valence-electron chi connectivity index (χ3n) is 7.10. The number of aliphatic imine (C=N–C) groups is 1. The third-order valence-corrected chi connectivity index (χ3v) is 7.10. The van der Waals surface area contributed by atoms with Gasteiger partial charge in [0.15, 0.2) is 17.5 Å². The quantitative estimate of drug-likeness (QED) is 0.568. The van der Waals surface area contributed by atoms with E-state index in [1.165, 1.54) is 31.2 Å². The third kappa shape index (κ3) is 4.37. The predicted octanol–water partition coefficient (Wildman–Crippen LogP) is 2.53. The van der Waals surface area contributed by atoms with E-state index in [1.54, 1.807) is 14.2 Å². The van der Waals surface area contributed by atoms with Crippen LogP contribution in [0.3, 0.4) is 0 Å². The Labute approximate surface area is 180 Å². The van der Waals surface area contributed by atoms with Gasteiger partial charge < -0.3 is 24.4 Å². The first-order valence-electron chi connectivity index (χ1n) is 11.2. The second-order valence-corrected chi connectivity index (χ2v) is 8.73. The van der Waals surface area contributed by atoms with Crippen molar-refractivity contribution in [1.29, 1.82) is 0 Å². The van der Waals surface area contributed by atoms with Gasteiger partial charge in [0.25, 0.3) is 0 Å². The standard InChI is InChI=1S/C23H36N4O3/c1-24-22(27-10-9-23(17-27)7-4-8-23)25-16-19(26-11-13-30-14-12-26)18-5-6-20(28-2)21(15-18)29-3/h5-6,15,19H,4,7-14,16-17H2,1-3H3,(H,24,25). The summed E-state index contributed by atoms with van der Waals surface area (Å²) in [5, 5.41) is 3.68. The summed E-state index contributed by atoms with van der Waals surface area (Å²) >= 11 is 0. The van der Waals surface area contributed by atoms with Gasteiger partial charge in [-0.05, 0) is 42.4 Å². The highest BCUT2D eigenvalue weighted by molar-refractivity contribution is 5.80. The highest BCUT2D eigenvalue weighted by Crippen LogP contribution is 2.47. The van der Waals surface area contributed by atoms with Gasteiger partial charge in [0, 0.05) is 39.8 Å². The van der Waals surface area contributed by atoms with E-state index in [-0.39, 0.29) is 6.04 Å². The Kier molecular flexibility index (Phi) is 6.68. The number of hydrogen-bond acceptors (Lipinski definition) is 5. The fraction of sp³-hybridized carbons (Fsp3) is 0.696. The average Bonchev–Trinajstić information content (AvgIpc) is 3.23. The average molecular weight is 417 g/mol. The fourth-order valence-electron chi connectivity index (χ4n) is 5.13. The van der Waals surface area contributed by atoms with Crippen LogP contribution in [-0.2, 0) is 4.74 Å². The zero-order valence-corrected chi connectivity index (χ0v) is 18.7. The minimum atomic E-state index is 0.214. The van der Waals surface area contributed by atoms with Crippen LogP contribution in [0.2, 0.25) is 0 Å². The Balaban J connectivity index is 1.48. The lowest BCUT2D eigenvalue weighted by Gasteiger charge is -2.38. The van der Waals surface area contributed by atoms with E-state index in [9.17, 15) is 0 Å². The maximum Gasteiger partial charge on any atom is 0.193 e. The summed E-state index contributed by atoms with van der Waals surface area (Å²) in [5.74, 6) is 2.55. The zero-order chi connectivity index (χ0) is 21.0. The normalized spacial score (nSPS) is 22.6. The molecule has 7 heteroatoms. The van der Waals surface area contributed by atoms with E-state index >= 15 is 0 Å². The van der Waals surface area contributed by atoms with Gasteiger partial charge >= 0.3 is 0 Å². The minimum absolute atomic E-state index is 0.214. The SMILES string of the molecule is CN=C(NCC(c1ccc(OC)c(OC)c1)N1CCOCC1)N1CCC2(CCC2)C1. The predicted molar refractivity (Wildman–Crippen MR) is 119 cm³/mol. The van der Waals surface area contributed by atoms with Crippen molar-refractivity contribution in [2.75, 3.05) is 67.2 Å². The van der Waals surface area contributed by atoms with Crippen LogP contribution in [0.25, 0.3) is 0 Å². The summed E-state index contributed by atoms with van der Waals surface area (Å²) in [4.78, 5) is 9.55. The van der Waals surface area contributed by atoms with Gasteiger partial charge in [-0.15, -0.1) is 0 Å². The molecule has 1 saturated carbocycles. The molecule has 2 aliphatic heterocycles. The van der Waals surface area contributed by atoms with Crippen LogP contribution in [0.5, 0.6) is 11.5 Å². The van der Waals surface area contributed by atoms with Crippen LogP contribution in [-0.4, -0.2) is 83.0 Å². The molecule has 1 aromatic rings. The summed E-state index contributed by atoms with van der Waals surface area (Å²) in [6.45, 7) is 6.44. The van der Waals surface area contributed by atoms with Crippen LogP contribution in [0, 0.1) is 5.41 Å². The number of hydrogen-bond donors (Lipinski definition) is 1. The molecule has 30 heavy (non-hydrogen) atoms. The summed E-state index contributed by atoms with van der Waals surface area (Å²) in [6.07, 6.45) is 5.44. The molecule has 4 rings (SSSR count).